The van der Waals surface area contributed by atoms with Gasteiger partial charge in [0.1, 0.15) is 0 Å². The quantitative estimate of drug-likeness (QED) is 0.826. The summed E-state index contributed by atoms with van der Waals surface area (Å²) >= 11 is 0. The van der Waals surface area contributed by atoms with E-state index in [1.54, 1.807) is 17.3 Å². The van der Waals surface area contributed by atoms with Crippen molar-refractivity contribution in [2.75, 3.05) is 13.1 Å². The van der Waals surface area contributed by atoms with Gasteiger partial charge in [-0.3, -0.25) is 14.6 Å². The zero-order valence-electron chi connectivity index (χ0n) is 9.37. The lowest BCUT2D eigenvalue weighted by atomic mass is 9.99. The number of likely N-dealkylation sites (tertiary alicyclic amines) is 1. The van der Waals surface area contributed by atoms with Gasteiger partial charge in [-0.15, -0.1) is 0 Å². The van der Waals surface area contributed by atoms with Crippen LogP contribution < -0.4 is 0 Å². The number of pyridine rings is 1. The fraction of sp³-hybridized carbons (Fsp3) is 0.417. The van der Waals surface area contributed by atoms with Gasteiger partial charge >= 0.3 is 5.97 Å². The number of rotatable bonds is 4. The molecule has 0 aromatic carbocycles. The molecule has 1 fully saturated rings. The maximum absolute atomic E-state index is 11.7. The van der Waals surface area contributed by atoms with Crippen LogP contribution in [0.1, 0.15) is 12.0 Å². The molecule has 1 aliphatic heterocycles. The molecule has 0 radical (unpaired) electrons. The predicted molar refractivity (Wildman–Crippen MR) is 60.3 cm³/mol. The molecule has 0 spiro atoms. The second kappa shape index (κ2) is 4.95. The lowest BCUT2D eigenvalue weighted by Gasteiger charge is -2.36. The van der Waals surface area contributed by atoms with Crippen LogP contribution in [0.4, 0.5) is 0 Å². The van der Waals surface area contributed by atoms with Crippen molar-refractivity contribution in [2.45, 2.75) is 12.8 Å². The Labute approximate surface area is 99.1 Å². The number of carbonyl (C=O) groups is 2. The highest BCUT2D eigenvalue weighted by Gasteiger charge is 2.34. The first-order valence-electron chi connectivity index (χ1n) is 5.56. The zero-order valence-corrected chi connectivity index (χ0v) is 9.37. The van der Waals surface area contributed by atoms with Crippen molar-refractivity contribution < 1.29 is 14.7 Å². The minimum absolute atomic E-state index is 0.0198. The number of aryl methyl sites for hydroxylation is 1. The zero-order chi connectivity index (χ0) is 12.3. The van der Waals surface area contributed by atoms with Crippen LogP contribution in [0.3, 0.4) is 0 Å². The van der Waals surface area contributed by atoms with E-state index in [1.807, 2.05) is 12.1 Å². The fourth-order valence-electron chi connectivity index (χ4n) is 1.79. The van der Waals surface area contributed by atoms with E-state index in [4.69, 9.17) is 5.11 Å². The van der Waals surface area contributed by atoms with Crippen LogP contribution in [0.15, 0.2) is 24.5 Å². The Bertz CT molecular complexity index is 413. The summed E-state index contributed by atoms with van der Waals surface area (Å²) in [6, 6.07) is 3.76. The molecule has 1 N–H and O–H groups in total. The molecule has 5 nitrogen and oxygen atoms in total. The number of hydrogen-bond acceptors (Lipinski definition) is 3. The summed E-state index contributed by atoms with van der Waals surface area (Å²) in [7, 11) is 0. The molecule has 1 saturated heterocycles. The Morgan fingerprint density at radius 2 is 2.24 bits per heavy atom. The van der Waals surface area contributed by atoms with Crippen molar-refractivity contribution in [3.05, 3.63) is 30.1 Å². The molecule has 2 heterocycles. The van der Waals surface area contributed by atoms with Crippen molar-refractivity contribution in [1.29, 1.82) is 0 Å². The normalized spacial score (nSPS) is 15.4. The summed E-state index contributed by atoms with van der Waals surface area (Å²) in [5, 5.41) is 8.69. The molecular weight excluding hydrogens is 220 g/mol. The number of carbonyl (C=O) groups excluding carboxylic acids is 1. The monoisotopic (exact) mass is 234 g/mol. The Morgan fingerprint density at radius 3 is 2.82 bits per heavy atom. The molecule has 17 heavy (non-hydrogen) atoms. The highest BCUT2D eigenvalue weighted by atomic mass is 16.4. The van der Waals surface area contributed by atoms with Crippen LogP contribution in [0.5, 0.6) is 0 Å². The molecular formula is C12H14N2O3. The van der Waals surface area contributed by atoms with Gasteiger partial charge in [0, 0.05) is 31.9 Å². The minimum Gasteiger partial charge on any atom is -0.481 e. The van der Waals surface area contributed by atoms with Crippen LogP contribution >= 0.6 is 0 Å². The van der Waals surface area contributed by atoms with E-state index in [0.29, 0.717) is 25.9 Å². The summed E-state index contributed by atoms with van der Waals surface area (Å²) in [6.07, 6.45) is 4.50. The average molecular weight is 234 g/mol. The summed E-state index contributed by atoms with van der Waals surface area (Å²) < 4.78 is 0. The molecule has 5 heteroatoms. The van der Waals surface area contributed by atoms with Gasteiger partial charge in [0.15, 0.2) is 0 Å². The third-order valence-corrected chi connectivity index (χ3v) is 2.93. The summed E-state index contributed by atoms with van der Waals surface area (Å²) in [5.41, 5.74) is 1.02. The standard InChI is InChI=1S/C12H14N2O3/c15-11(14-7-10(8-14)12(16)17)4-3-9-2-1-5-13-6-9/h1-2,5-6,10H,3-4,7-8H2,(H,16,17). The third kappa shape index (κ3) is 2.81. The first-order chi connectivity index (χ1) is 8.16. The Kier molecular flexibility index (Phi) is 3.37. The van der Waals surface area contributed by atoms with Crippen LogP contribution in [0.2, 0.25) is 0 Å². The van der Waals surface area contributed by atoms with Gasteiger partial charge in [0.05, 0.1) is 5.92 Å². The van der Waals surface area contributed by atoms with Crippen molar-refractivity contribution in [2.24, 2.45) is 5.92 Å². The van der Waals surface area contributed by atoms with Gasteiger partial charge in [-0.05, 0) is 18.1 Å². The van der Waals surface area contributed by atoms with Gasteiger partial charge in [-0.1, -0.05) is 6.07 Å². The number of aromatic nitrogens is 1. The lowest BCUT2D eigenvalue weighted by Crippen LogP contribution is -2.53. The van der Waals surface area contributed by atoms with E-state index in [0.717, 1.165) is 5.56 Å². The van der Waals surface area contributed by atoms with E-state index in [1.165, 1.54) is 0 Å². The van der Waals surface area contributed by atoms with Crippen LogP contribution in [0, 0.1) is 5.92 Å². The molecule has 1 amide bonds. The highest BCUT2D eigenvalue weighted by molar-refractivity contribution is 5.81. The summed E-state index contributed by atoms with van der Waals surface area (Å²) in [4.78, 5) is 27.8. The molecule has 1 aromatic heterocycles. The van der Waals surface area contributed by atoms with E-state index in [-0.39, 0.29) is 11.8 Å². The van der Waals surface area contributed by atoms with Gasteiger partial charge in [-0.2, -0.15) is 0 Å². The minimum atomic E-state index is -0.818. The molecule has 90 valence electrons. The van der Waals surface area contributed by atoms with E-state index < -0.39 is 5.97 Å². The van der Waals surface area contributed by atoms with E-state index >= 15 is 0 Å². The second-order valence-electron chi connectivity index (χ2n) is 4.20. The molecule has 0 atom stereocenters. The topological polar surface area (TPSA) is 70.5 Å². The van der Waals surface area contributed by atoms with E-state index in [9.17, 15) is 9.59 Å². The molecule has 1 aromatic rings. The Hall–Kier alpha value is -1.91. The molecule has 0 saturated carbocycles. The van der Waals surface area contributed by atoms with Gasteiger partial charge in [0.2, 0.25) is 5.91 Å². The summed E-state index contributed by atoms with van der Waals surface area (Å²) in [6.45, 7) is 0.697. The first kappa shape index (κ1) is 11.6. The Morgan fingerprint density at radius 1 is 1.47 bits per heavy atom. The highest BCUT2D eigenvalue weighted by Crippen LogP contribution is 2.17. The molecule has 0 aliphatic carbocycles. The lowest BCUT2D eigenvalue weighted by molar-refractivity contribution is -0.152. The van der Waals surface area contributed by atoms with Crippen molar-refractivity contribution in [1.82, 2.24) is 9.88 Å². The van der Waals surface area contributed by atoms with E-state index in [2.05, 4.69) is 4.98 Å². The number of nitrogens with zero attached hydrogens (tertiary/aromatic N) is 2. The van der Waals surface area contributed by atoms with Crippen molar-refractivity contribution >= 4 is 11.9 Å². The Balaban J connectivity index is 1.74. The van der Waals surface area contributed by atoms with Crippen LogP contribution in [0.25, 0.3) is 0 Å². The van der Waals surface area contributed by atoms with Crippen molar-refractivity contribution in [3.63, 3.8) is 0 Å². The number of aliphatic carboxylic acids is 1. The molecule has 0 unspecified atom stereocenters. The molecule has 2 rings (SSSR count). The maximum Gasteiger partial charge on any atom is 0.310 e. The smallest absolute Gasteiger partial charge is 0.310 e. The average Bonchev–Trinajstić information content (AvgIpc) is 2.25. The fourth-order valence-corrected chi connectivity index (χ4v) is 1.79. The molecule has 0 bridgehead atoms. The van der Waals surface area contributed by atoms with Crippen LogP contribution in [-0.4, -0.2) is 40.0 Å². The maximum atomic E-state index is 11.7. The number of carboxylic acids is 1. The second-order valence-corrected chi connectivity index (χ2v) is 4.20. The predicted octanol–water partition coefficient (Wildman–Crippen LogP) is 0.557. The van der Waals surface area contributed by atoms with Crippen molar-refractivity contribution in [3.8, 4) is 0 Å². The number of amides is 1. The van der Waals surface area contributed by atoms with Gasteiger partial charge in [-0.25, -0.2) is 0 Å². The van der Waals surface area contributed by atoms with Gasteiger partial charge < -0.3 is 10.0 Å². The first-order valence-corrected chi connectivity index (χ1v) is 5.56. The third-order valence-electron chi connectivity index (χ3n) is 2.93. The SMILES string of the molecule is O=C(O)C1CN(C(=O)CCc2cccnc2)C1. The largest absolute Gasteiger partial charge is 0.481 e. The number of carboxylic acid groups (broad SMARTS) is 1. The number of hydrogen-bond donors (Lipinski definition) is 1. The molecule has 1 aliphatic rings. The van der Waals surface area contributed by atoms with Gasteiger partial charge in [0.25, 0.3) is 0 Å². The van der Waals surface area contributed by atoms with Crippen LogP contribution in [-0.2, 0) is 16.0 Å². The summed E-state index contributed by atoms with van der Waals surface area (Å²) in [5.74, 6) is -1.18.